The fraction of sp³-hybridized carbons (Fsp3) is 1.00. The highest BCUT2D eigenvalue weighted by atomic mass is 16.5. The van der Waals surface area contributed by atoms with E-state index in [4.69, 9.17) is 12.6 Å². The minimum absolute atomic E-state index is 0.0385. The summed E-state index contributed by atoms with van der Waals surface area (Å²) in [7, 11) is 5.69. The van der Waals surface area contributed by atoms with Crippen LogP contribution >= 0.6 is 0 Å². The maximum atomic E-state index is 5.69. The predicted octanol–water partition coefficient (Wildman–Crippen LogP) is 2.41. The van der Waals surface area contributed by atoms with E-state index in [1.54, 1.807) is 0 Å². The highest BCUT2D eigenvalue weighted by Crippen LogP contribution is 2.16. The molecule has 0 spiro atoms. The third-order valence-electron chi connectivity index (χ3n) is 1.68. The maximum absolute atomic E-state index is 5.69. The minimum atomic E-state index is -0.0385. The molecule has 0 aromatic heterocycles. The Morgan fingerprint density at radius 3 is 2.00 bits per heavy atom. The number of hydrogen-bond acceptors (Lipinski definition) is 1. The summed E-state index contributed by atoms with van der Waals surface area (Å²) in [6, 6.07) is 0. The van der Waals surface area contributed by atoms with E-state index >= 15 is 0 Å². The van der Waals surface area contributed by atoms with Crippen LogP contribution in [0, 0.1) is 5.92 Å². The van der Waals surface area contributed by atoms with Crippen molar-refractivity contribution in [1.82, 2.24) is 0 Å². The van der Waals surface area contributed by atoms with Crippen molar-refractivity contribution in [2.45, 2.75) is 46.0 Å². The van der Waals surface area contributed by atoms with Gasteiger partial charge in [0.2, 0.25) is 0 Å². The van der Waals surface area contributed by atoms with Crippen molar-refractivity contribution in [3.05, 3.63) is 0 Å². The summed E-state index contributed by atoms with van der Waals surface area (Å²) in [6.07, 6.45) is 0. The molecule has 0 amide bonds. The number of rotatable bonds is 3. The third-order valence-corrected chi connectivity index (χ3v) is 1.68. The van der Waals surface area contributed by atoms with Crippen LogP contribution in [-0.2, 0) is 4.74 Å². The maximum Gasteiger partial charge on any atom is 0.0700 e. The first-order valence-corrected chi connectivity index (χ1v) is 4.22. The van der Waals surface area contributed by atoms with Gasteiger partial charge in [-0.1, -0.05) is 19.7 Å². The molecule has 0 fully saturated rings. The van der Waals surface area contributed by atoms with E-state index < -0.39 is 0 Å². The number of ether oxygens (including phenoxy) is 1. The molecule has 0 N–H and O–H groups in total. The molecule has 2 heteroatoms. The van der Waals surface area contributed by atoms with Gasteiger partial charge in [-0.25, -0.2) is 0 Å². The monoisotopic (exact) mass is 154 g/mol. The minimum Gasteiger partial charge on any atom is -0.376 e. The largest absolute Gasteiger partial charge is 0.376 e. The first kappa shape index (κ1) is 11.0. The zero-order chi connectivity index (χ0) is 9.07. The predicted molar refractivity (Wildman–Crippen MR) is 50.0 cm³/mol. The van der Waals surface area contributed by atoms with Crippen LogP contribution in [-0.4, -0.2) is 20.1 Å². The summed E-state index contributed by atoms with van der Waals surface area (Å²) in [5, 5.41) is 0. The van der Waals surface area contributed by atoms with E-state index in [9.17, 15) is 0 Å². The summed E-state index contributed by atoms with van der Waals surface area (Å²) < 4.78 is 5.57. The van der Waals surface area contributed by atoms with Gasteiger partial charge in [0.25, 0.3) is 0 Å². The normalized spacial score (nSPS) is 17.9. The Hall–Kier alpha value is 0.0249. The molecule has 0 aromatic carbocycles. The molecule has 2 atom stereocenters. The summed E-state index contributed by atoms with van der Waals surface area (Å²) in [4.78, 5) is 0. The molecule has 2 radical (unpaired) electrons. The van der Waals surface area contributed by atoms with Crippen molar-refractivity contribution in [1.29, 1.82) is 0 Å². The molecular weight excluding hydrogens is 135 g/mol. The molecule has 0 heterocycles. The highest BCUT2D eigenvalue weighted by molar-refractivity contribution is 6.11. The van der Waals surface area contributed by atoms with E-state index in [0.29, 0.717) is 5.92 Å². The lowest BCUT2D eigenvalue weighted by Crippen LogP contribution is -2.23. The van der Waals surface area contributed by atoms with Crippen molar-refractivity contribution in [3.63, 3.8) is 0 Å². The summed E-state index contributed by atoms with van der Waals surface area (Å²) in [5.74, 6) is 0.659. The summed E-state index contributed by atoms with van der Waals surface area (Å²) in [6.45, 7) is 11.0. The Kier molecular flexibility index (Phi) is 4.16. The van der Waals surface area contributed by atoms with Gasteiger partial charge in [-0.15, -0.1) is 0 Å². The van der Waals surface area contributed by atoms with Gasteiger partial charge in [-0.3, -0.25) is 0 Å². The zero-order valence-electron chi connectivity index (χ0n) is 8.35. The van der Waals surface area contributed by atoms with Gasteiger partial charge in [0, 0.05) is 6.61 Å². The fourth-order valence-corrected chi connectivity index (χ4v) is 0.533. The van der Waals surface area contributed by atoms with Crippen LogP contribution in [0.25, 0.3) is 0 Å². The lowest BCUT2D eigenvalue weighted by molar-refractivity contribution is -0.0197. The molecule has 0 rings (SSSR count). The van der Waals surface area contributed by atoms with Gasteiger partial charge in [-0.2, -0.15) is 0 Å². The molecule has 2 unspecified atom stereocenters. The van der Waals surface area contributed by atoms with Crippen molar-refractivity contribution >= 4 is 7.85 Å². The van der Waals surface area contributed by atoms with Gasteiger partial charge < -0.3 is 4.74 Å². The Labute approximate surface area is 71.9 Å². The van der Waals surface area contributed by atoms with E-state index in [-0.39, 0.29) is 11.4 Å². The Morgan fingerprint density at radius 1 is 1.27 bits per heavy atom. The second-order valence-corrected chi connectivity index (χ2v) is 4.26. The average Bonchev–Trinajstić information content (AvgIpc) is 1.80. The van der Waals surface area contributed by atoms with Gasteiger partial charge >= 0.3 is 0 Å². The van der Waals surface area contributed by atoms with Crippen LogP contribution in [0.4, 0.5) is 0 Å². The van der Waals surface area contributed by atoms with E-state index in [2.05, 4.69) is 27.7 Å². The molecule has 64 valence electrons. The quantitative estimate of drug-likeness (QED) is 0.567. The Morgan fingerprint density at radius 2 is 1.73 bits per heavy atom. The van der Waals surface area contributed by atoms with Crippen LogP contribution < -0.4 is 0 Å². The van der Waals surface area contributed by atoms with Gasteiger partial charge in [0.15, 0.2) is 0 Å². The van der Waals surface area contributed by atoms with Gasteiger partial charge in [0.05, 0.1) is 13.4 Å². The van der Waals surface area contributed by atoms with Crippen molar-refractivity contribution in [2.24, 2.45) is 5.92 Å². The summed E-state index contributed by atoms with van der Waals surface area (Å²) >= 11 is 0. The summed E-state index contributed by atoms with van der Waals surface area (Å²) in [5.41, 5.74) is -0.0385. The molecule has 0 aliphatic rings. The highest BCUT2D eigenvalue weighted by Gasteiger charge is 2.13. The fourth-order valence-electron chi connectivity index (χ4n) is 0.533. The standard InChI is InChI=1S/C9H19BO/c1-7(8(2)10)6-11-9(3,4)5/h7-8H,6H2,1-5H3. The van der Waals surface area contributed by atoms with Gasteiger partial charge in [0.1, 0.15) is 0 Å². The number of hydrogen-bond donors (Lipinski definition) is 0. The molecule has 1 nitrogen and oxygen atoms in total. The van der Waals surface area contributed by atoms with E-state index in [1.165, 1.54) is 0 Å². The smallest absolute Gasteiger partial charge is 0.0700 e. The molecule has 11 heavy (non-hydrogen) atoms. The first-order valence-electron chi connectivity index (χ1n) is 4.22. The van der Waals surface area contributed by atoms with E-state index in [1.807, 2.05) is 6.92 Å². The molecule has 0 bridgehead atoms. The average molecular weight is 154 g/mol. The van der Waals surface area contributed by atoms with Crippen LogP contribution in [0.5, 0.6) is 0 Å². The molecule has 0 saturated carbocycles. The second-order valence-electron chi connectivity index (χ2n) is 4.26. The van der Waals surface area contributed by atoms with Gasteiger partial charge in [-0.05, 0) is 26.7 Å². The SMILES string of the molecule is [B]C(C)C(C)COC(C)(C)C. The van der Waals surface area contributed by atoms with Crippen LogP contribution in [0.3, 0.4) is 0 Å². The molecule has 0 aliphatic carbocycles. The molecule has 0 aromatic rings. The molecular formula is C9H19BO. The second kappa shape index (κ2) is 4.15. The lowest BCUT2D eigenvalue weighted by Gasteiger charge is -2.24. The lowest BCUT2D eigenvalue weighted by atomic mass is 9.79. The zero-order valence-corrected chi connectivity index (χ0v) is 8.35. The van der Waals surface area contributed by atoms with Crippen molar-refractivity contribution in [2.75, 3.05) is 6.61 Å². The molecule has 0 aliphatic heterocycles. The Balaban J connectivity index is 3.54. The molecule has 0 saturated heterocycles. The van der Waals surface area contributed by atoms with Crippen molar-refractivity contribution in [3.8, 4) is 0 Å². The first-order chi connectivity index (χ1) is 4.83. The van der Waals surface area contributed by atoms with E-state index in [0.717, 1.165) is 6.61 Å². The third kappa shape index (κ3) is 6.42. The topological polar surface area (TPSA) is 9.23 Å². The van der Waals surface area contributed by atoms with Crippen molar-refractivity contribution < 1.29 is 4.74 Å². The van der Waals surface area contributed by atoms with Crippen LogP contribution in [0.15, 0.2) is 0 Å². The van der Waals surface area contributed by atoms with Crippen LogP contribution in [0.1, 0.15) is 34.6 Å². The van der Waals surface area contributed by atoms with Crippen LogP contribution in [0.2, 0.25) is 5.82 Å². The Bertz CT molecular complexity index is 105.